The van der Waals surface area contributed by atoms with Crippen LogP contribution in [-0.2, 0) is 17.9 Å². The van der Waals surface area contributed by atoms with Crippen molar-refractivity contribution in [3.63, 3.8) is 0 Å². The Kier molecular flexibility index (Phi) is 8.29. The lowest BCUT2D eigenvalue weighted by Crippen LogP contribution is -2.49. The molecule has 0 spiro atoms. The second-order valence-corrected chi connectivity index (χ2v) is 11.0. The summed E-state index contributed by atoms with van der Waals surface area (Å²) in [7, 11) is 0. The monoisotopic (exact) mass is 535 g/mol. The Hall–Kier alpha value is -4.00. The van der Waals surface area contributed by atoms with E-state index >= 15 is 0 Å². The Labute approximate surface area is 235 Å². The second kappa shape index (κ2) is 12.0. The largest absolute Gasteiger partial charge is 0.388 e. The molecule has 1 saturated heterocycles. The predicted octanol–water partition coefficient (Wildman–Crippen LogP) is 5.19. The van der Waals surface area contributed by atoms with Crippen LogP contribution in [0.1, 0.15) is 43.2 Å². The molecule has 1 aliphatic heterocycles. The van der Waals surface area contributed by atoms with Gasteiger partial charge in [0.1, 0.15) is 0 Å². The van der Waals surface area contributed by atoms with Gasteiger partial charge in [-0.25, -0.2) is 0 Å². The molecular weight excluding hydrogens is 498 g/mol. The molecule has 206 valence electrons. The van der Waals surface area contributed by atoms with Gasteiger partial charge in [-0.3, -0.25) is 9.59 Å². The van der Waals surface area contributed by atoms with Gasteiger partial charge in [0.25, 0.3) is 5.56 Å². The lowest BCUT2D eigenvalue weighted by Gasteiger charge is -2.39. The SMILES string of the molecule is CC(CC(=O)N1CCC(O)(Cn2cc(-c3ccc(CN)cc3)c(-c3ccccc3)cc2=O)CC1)c1ccccc1. The maximum Gasteiger partial charge on any atom is 0.251 e. The fourth-order valence-corrected chi connectivity index (χ4v) is 5.54. The van der Waals surface area contributed by atoms with Crippen LogP contribution in [0.4, 0.5) is 0 Å². The molecule has 6 nitrogen and oxygen atoms in total. The Morgan fingerprint density at radius 2 is 1.50 bits per heavy atom. The highest BCUT2D eigenvalue weighted by Crippen LogP contribution is 2.32. The van der Waals surface area contributed by atoms with Crippen LogP contribution in [0.3, 0.4) is 0 Å². The van der Waals surface area contributed by atoms with E-state index in [0.29, 0.717) is 38.9 Å². The van der Waals surface area contributed by atoms with Crippen molar-refractivity contribution in [3.8, 4) is 22.3 Å². The third-order valence-corrected chi connectivity index (χ3v) is 8.07. The maximum atomic E-state index is 13.3. The Balaban J connectivity index is 1.34. The molecule has 0 aliphatic carbocycles. The van der Waals surface area contributed by atoms with Crippen LogP contribution in [0.5, 0.6) is 0 Å². The lowest BCUT2D eigenvalue weighted by atomic mass is 9.89. The third-order valence-electron chi connectivity index (χ3n) is 8.07. The number of benzene rings is 3. The van der Waals surface area contributed by atoms with Crippen molar-refractivity contribution in [1.82, 2.24) is 9.47 Å². The molecule has 5 rings (SSSR count). The van der Waals surface area contributed by atoms with E-state index in [4.69, 9.17) is 5.73 Å². The van der Waals surface area contributed by atoms with Gasteiger partial charge in [0, 0.05) is 43.9 Å². The highest BCUT2D eigenvalue weighted by Gasteiger charge is 2.35. The number of aromatic nitrogens is 1. The van der Waals surface area contributed by atoms with Crippen molar-refractivity contribution in [3.05, 3.63) is 119 Å². The van der Waals surface area contributed by atoms with Gasteiger partial charge in [-0.2, -0.15) is 0 Å². The normalized spacial score (nSPS) is 15.5. The minimum absolute atomic E-state index is 0.103. The van der Waals surface area contributed by atoms with Crippen LogP contribution in [0.15, 0.2) is 102 Å². The van der Waals surface area contributed by atoms with Crippen LogP contribution < -0.4 is 11.3 Å². The first-order chi connectivity index (χ1) is 19.3. The van der Waals surface area contributed by atoms with E-state index < -0.39 is 5.60 Å². The Morgan fingerprint density at radius 3 is 2.12 bits per heavy atom. The molecule has 1 fully saturated rings. The van der Waals surface area contributed by atoms with Gasteiger partial charge >= 0.3 is 0 Å². The average Bonchev–Trinajstić information content (AvgIpc) is 2.99. The van der Waals surface area contributed by atoms with E-state index in [2.05, 4.69) is 19.1 Å². The topological polar surface area (TPSA) is 88.6 Å². The molecule has 0 bridgehead atoms. The fourth-order valence-electron chi connectivity index (χ4n) is 5.54. The summed E-state index contributed by atoms with van der Waals surface area (Å²) in [5.41, 5.74) is 10.5. The molecule has 3 N–H and O–H groups in total. The summed E-state index contributed by atoms with van der Waals surface area (Å²) in [5.74, 6) is 0.236. The Morgan fingerprint density at radius 1 is 0.900 bits per heavy atom. The number of hydrogen-bond donors (Lipinski definition) is 2. The summed E-state index contributed by atoms with van der Waals surface area (Å²) >= 11 is 0. The summed E-state index contributed by atoms with van der Waals surface area (Å²) in [5, 5.41) is 11.5. The first-order valence-electron chi connectivity index (χ1n) is 14.0. The molecule has 1 aliphatic rings. The molecule has 1 unspecified atom stereocenters. The molecule has 6 heteroatoms. The molecule has 1 atom stereocenters. The summed E-state index contributed by atoms with van der Waals surface area (Å²) in [4.78, 5) is 28.2. The summed E-state index contributed by atoms with van der Waals surface area (Å²) < 4.78 is 1.62. The van der Waals surface area contributed by atoms with Crippen molar-refractivity contribution < 1.29 is 9.90 Å². The van der Waals surface area contributed by atoms with E-state index in [-0.39, 0.29) is 23.9 Å². The van der Waals surface area contributed by atoms with Crippen molar-refractivity contribution in [1.29, 1.82) is 0 Å². The molecule has 2 heterocycles. The lowest BCUT2D eigenvalue weighted by molar-refractivity contribution is -0.136. The van der Waals surface area contributed by atoms with E-state index in [1.807, 2.05) is 83.9 Å². The number of nitrogens with two attached hydrogens (primary N) is 1. The van der Waals surface area contributed by atoms with Crippen molar-refractivity contribution in [2.75, 3.05) is 13.1 Å². The van der Waals surface area contributed by atoms with E-state index in [0.717, 1.165) is 33.4 Å². The molecule has 1 amide bonds. The van der Waals surface area contributed by atoms with Crippen LogP contribution in [0.25, 0.3) is 22.3 Å². The van der Waals surface area contributed by atoms with E-state index in [9.17, 15) is 14.7 Å². The number of pyridine rings is 1. The van der Waals surface area contributed by atoms with Crippen molar-refractivity contribution in [2.24, 2.45) is 5.73 Å². The van der Waals surface area contributed by atoms with Crippen molar-refractivity contribution >= 4 is 5.91 Å². The molecule has 1 aromatic heterocycles. The third kappa shape index (κ3) is 6.24. The molecule has 0 radical (unpaired) electrons. The van der Waals surface area contributed by atoms with Gasteiger partial charge in [0.2, 0.25) is 5.91 Å². The van der Waals surface area contributed by atoms with E-state index in [1.54, 1.807) is 10.6 Å². The first-order valence-corrected chi connectivity index (χ1v) is 14.0. The number of nitrogens with zero attached hydrogens (tertiary/aromatic N) is 2. The zero-order chi connectivity index (χ0) is 28.1. The number of amides is 1. The highest BCUT2D eigenvalue weighted by atomic mass is 16.3. The zero-order valence-corrected chi connectivity index (χ0v) is 23.0. The minimum Gasteiger partial charge on any atom is -0.388 e. The Bertz CT molecular complexity index is 1490. The minimum atomic E-state index is -1.07. The number of aliphatic hydroxyl groups is 1. The summed E-state index contributed by atoms with van der Waals surface area (Å²) in [6.07, 6.45) is 3.14. The molecule has 4 aromatic rings. The van der Waals surface area contributed by atoms with Crippen LogP contribution >= 0.6 is 0 Å². The highest BCUT2D eigenvalue weighted by molar-refractivity contribution is 5.82. The van der Waals surface area contributed by atoms with Gasteiger partial charge in [-0.15, -0.1) is 0 Å². The molecule has 3 aromatic carbocycles. The van der Waals surface area contributed by atoms with Crippen molar-refractivity contribution in [2.45, 2.75) is 50.8 Å². The second-order valence-electron chi connectivity index (χ2n) is 11.0. The fraction of sp³-hybridized carbons (Fsp3) is 0.294. The van der Waals surface area contributed by atoms with Gasteiger partial charge in [-0.05, 0) is 46.6 Å². The smallest absolute Gasteiger partial charge is 0.251 e. The number of piperidine rings is 1. The molecule has 0 saturated carbocycles. The average molecular weight is 536 g/mol. The van der Waals surface area contributed by atoms with Gasteiger partial charge in [-0.1, -0.05) is 91.9 Å². The number of rotatable bonds is 8. The molecular formula is C34H37N3O3. The quantitative estimate of drug-likeness (QED) is 0.325. The summed E-state index contributed by atoms with van der Waals surface area (Å²) in [6, 6.07) is 29.6. The first kappa shape index (κ1) is 27.6. The van der Waals surface area contributed by atoms with Gasteiger partial charge in [0.05, 0.1) is 12.1 Å². The predicted molar refractivity (Wildman–Crippen MR) is 160 cm³/mol. The van der Waals surface area contributed by atoms with E-state index in [1.165, 1.54) is 0 Å². The molecule has 40 heavy (non-hydrogen) atoms. The van der Waals surface area contributed by atoms with Crippen LogP contribution in [0, 0.1) is 0 Å². The van der Waals surface area contributed by atoms with Gasteiger partial charge < -0.3 is 20.3 Å². The maximum absolute atomic E-state index is 13.3. The van der Waals surface area contributed by atoms with Crippen LogP contribution in [-0.4, -0.2) is 39.2 Å². The summed E-state index contributed by atoms with van der Waals surface area (Å²) in [6.45, 7) is 3.66. The van der Waals surface area contributed by atoms with Crippen LogP contribution in [0.2, 0.25) is 0 Å². The van der Waals surface area contributed by atoms with Gasteiger partial charge in [0.15, 0.2) is 0 Å². The number of carbonyl (C=O) groups excluding carboxylic acids is 1. The number of carbonyl (C=O) groups is 1. The number of hydrogen-bond acceptors (Lipinski definition) is 4. The standard InChI is InChI=1S/C34H37N3O3/c1-25(27-8-4-2-5-9-27)20-32(38)36-18-16-34(40,17-19-36)24-37-23-31(29-14-12-26(22-35)13-15-29)30(21-33(37)39)28-10-6-3-7-11-28/h2-15,21,23,25,40H,16-20,22,24,35H2,1H3. The zero-order valence-electron chi connectivity index (χ0n) is 23.0. The number of likely N-dealkylation sites (tertiary alicyclic amines) is 1.